The lowest BCUT2D eigenvalue weighted by molar-refractivity contribution is 0.0996. The third-order valence-electron chi connectivity index (χ3n) is 2.38. The van der Waals surface area contributed by atoms with Crippen molar-refractivity contribution in [2.24, 2.45) is 5.73 Å². The van der Waals surface area contributed by atoms with Crippen molar-refractivity contribution in [3.63, 3.8) is 0 Å². The van der Waals surface area contributed by atoms with Crippen LogP contribution in [0.15, 0.2) is 12.3 Å². The maximum Gasteiger partial charge on any atom is 0.256 e. The highest BCUT2D eigenvalue weighted by Gasteiger charge is 2.27. The van der Waals surface area contributed by atoms with Gasteiger partial charge in [0.25, 0.3) is 5.91 Å². The molecule has 0 aromatic carbocycles. The van der Waals surface area contributed by atoms with Gasteiger partial charge in [0.1, 0.15) is 17.1 Å². The lowest BCUT2D eigenvalue weighted by Gasteiger charge is -2.17. The van der Waals surface area contributed by atoms with Gasteiger partial charge in [-0.1, -0.05) is 0 Å². The molecule has 0 radical (unpaired) electrons. The Morgan fingerprint density at radius 2 is 2.25 bits per heavy atom. The summed E-state index contributed by atoms with van der Waals surface area (Å²) in [6.07, 6.45) is 3.94. The third-order valence-corrected chi connectivity index (χ3v) is 2.38. The van der Waals surface area contributed by atoms with Crippen LogP contribution in [0.25, 0.3) is 0 Å². The minimum Gasteiger partial charge on any atom is -0.489 e. The summed E-state index contributed by atoms with van der Waals surface area (Å²) in [6.45, 7) is 0. The monoisotopic (exact) mass is 221 g/mol. The minimum atomic E-state index is -0.507. The van der Waals surface area contributed by atoms with Crippen molar-refractivity contribution in [2.45, 2.75) is 18.9 Å². The number of ether oxygens (including phenoxy) is 1. The van der Waals surface area contributed by atoms with Gasteiger partial charge < -0.3 is 15.4 Å². The van der Waals surface area contributed by atoms with Crippen molar-refractivity contribution in [3.8, 4) is 5.75 Å². The molecule has 1 aliphatic rings. The second kappa shape index (κ2) is 4.00. The summed E-state index contributed by atoms with van der Waals surface area (Å²) in [5, 5.41) is 0. The number of nitrogens with zero attached hydrogens (tertiary/aromatic N) is 2. The molecule has 1 aliphatic carbocycles. The Kier molecular flexibility index (Phi) is 2.68. The van der Waals surface area contributed by atoms with Crippen LogP contribution in [-0.4, -0.2) is 31.1 Å². The Labute approximate surface area is 94.2 Å². The number of carbonyl (C=O) groups excluding carboxylic acids is 1. The van der Waals surface area contributed by atoms with E-state index >= 15 is 0 Å². The maximum atomic E-state index is 11.4. The van der Waals surface area contributed by atoms with Crippen LogP contribution in [0.5, 0.6) is 5.75 Å². The zero-order chi connectivity index (χ0) is 11.7. The average molecular weight is 221 g/mol. The molecule has 5 heteroatoms. The van der Waals surface area contributed by atoms with Gasteiger partial charge in [0, 0.05) is 20.3 Å². The number of hydrogen-bond donors (Lipinski definition) is 1. The summed E-state index contributed by atoms with van der Waals surface area (Å²) in [5.41, 5.74) is 5.72. The molecule has 1 aromatic rings. The van der Waals surface area contributed by atoms with E-state index in [9.17, 15) is 4.79 Å². The number of carbonyl (C=O) groups is 1. The fraction of sp³-hybridized carbons (Fsp3) is 0.455. The van der Waals surface area contributed by atoms with Gasteiger partial charge >= 0.3 is 0 Å². The van der Waals surface area contributed by atoms with E-state index < -0.39 is 5.91 Å². The SMILES string of the molecule is CN(C)c1nccc(OC2CC2)c1C(N)=O. The molecule has 1 aromatic heterocycles. The maximum absolute atomic E-state index is 11.4. The van der Waals surface area contributed by atoms with Crippen LogP contribution in [0.3, 0.4) is 0 Å². The van der Waals surface area contributed by atoms with Crippen molar-refractivity contribution in [1.82, 2.24) is 4.98 Å². The first-order valence-corrected chi connectivity index (χ1v) is 5.22. The van der Waals surface area contributed by atoms with Gasteiger partial charge in [-0.3, -0.25) is 4.79 Å². The molecule has 0 saturated heterocycles. The number of pyridine rings is 1. The van der Waals surface area contributed by atoms with Gasteiger partial charge in [-0.15, -0.1) is 0 Å². The molecule has 16 heavy (non-hydrogen) atoms. The molecule has 1 fully saturated rings. The van der Waals surface area contributed by atoms with Crippen LogP contribution in [0.4, 0.5) is 5.82 Å². The number of nitrogens with two attached hydrogens (primary N) is 1. The van der Waals surface area contributed by atoms with Gasteiger partial charge in [-0.2, -0.15) is 0 Å². The molecule has 86 valence electrons. The average Bonchev–Trinajstić information content (AvgIpc) is 3.00. The predicted octanol–water partition coefficient (Wildman–Crippen LogP) is 0.788. The Bertz CT molecular complexity index is 414. The van der Waals surface area contributed by atoms with Crippen molar-refractivity contribution < 1.29 is 9.53 Å². The standard InChI is InChI=1S/C11H15N3O2/c1-14(2)11-9(10(12)15)8(5-6-13-11)16-7-3-4-7/h5-7H,3-4H2,1-2H3,(H2,12,15). The fourth-order valence-electron chi connectivity index (χ4n) is 1.47. The van der Waals surface area contributed by atoms with E-state index in [2.05, 4.69) is 4.98 Å². The normalized spacial score (nSPS) is 14.6. The molecule has 2 rings (SSSR count). The summed E-state index contributed by atoms with van der Waals surface area (Å²) in [4.78, 5) is 17.3. The van der Waals surface area contributed by atoms with E-state index in [4.69, 9.17) is 10.5 Å². The van der Waals surface area contributed by atoms with Crippen LogP contribution in [0, 0.1) is 0 Å². The summed E-state index contributed by atoms with van der Waals surface area (Å²) in [7, 11) is 3.63. The van der Waals surface area contributed by atoms with E-state index in [-0.39, 0.29) is 6.10 Å². The highest BCUT2D eigenvalue weighted by atomic mass is 16.5. The van der Waals surface area contributed by atoms with E-state index in [1.807, 2.05) is 14.1 Å². The zero-order valence-electron chi connectivity index (χ0n) is 9.43. The number of amides is 1. The first kappa shape index (κ1) is 10.7. The van der Waals surface area contributed by atoms with Gasteiger partial charge in [0.05, 0.1) is 6.10 Å². The van der Waals surface area contributed by atoms with Crippen molar-refractivity contribution >= 4 is 11.7 Å². The zero-order valence-corrected chi connectivity index (χ0v) is 9.43. The van der Waals surface area contributed by atoms with E-state index in [1.165, 1.54) is 0 Å². The number of hydrogen-bond acceptors (Lipinski definition) is 4. The molecule has 5 nitrogen and oxygen atoms in total. The van der Waals surface area contributed by atoms with Gasteiger partial charge in [0.15, 0.2) is 0 Å². The highest BCUT2D eigenvalue weighted by Crippen LogP contribution is 2.31. The van der Waals surface area contributed by atoms with E-state index in [0.717, 1.165) is 12.8 Å². The highest BCUT2D eigenvalue weighted by molar-refractivity contribution is 6.00. The molecule has 2 N–H and O–H groups in total. The topological polar surface area (TPSA) is 68.5 Å². The summed E-state index contributed by atoms with van der Waals surface area (Å²) < 4.78 is 5.64. The summed E-state index contributed by atoms with van der Waals surface area (Å²) in [6, 6.07) is 1.69. The van der Waals surface area contributed by atoms with Crippen LogP contribution in [0.1, 0.15) is 23.2 Å². The molecule has 1 amide bonds. The number of primary amides is 1. The summed E-state index contributed by atoms with van der Waals surface area (Å²) in [5.74, 6) is 0.576. The second-order valence-electron chi connectivity index (χ2n) is 4.08. The first-order chi connectivity index (χ1) is 7.59. The molecule has 0 bridgehead atoms. The van der Waals surface area contributed by atoms with Crippen molar-refractivity contribution in [2.75, 3.05) is 19.0 Å². The molecule has 1 heterocycles. The minimum absolute atomic E-state index is 0.232. The molecule has 0 spiro atoms. The molecular formula is C11H15N3O2. The van der Waals surface area contributed by atoms with Crippen LogP contribution in [-0.2, 0) is 0 Å². The van der Waals surface area contributed by atoms with E-state index in [0.29, 0.717) is 17.1 Å². The quantitative estimate of drug-likeness (QED) is 0.816. The summed E-state index contributed by atoms with van der Waals surface area (Å²) >= 11 is 0. The molecule has 0 unspecified atom stereocenters. The van der Waals surface area contributed by atoms with Gasteiger partial charge in [-0.05, 0) is 18.9 Å². The number of aromatic nitrogens is 1. The fourth-order valence-corrected chi connectivity index (χ4v) is 1.47. The Balaban J connectivity index is 2.41. The number of anilines is 1. The predicted molar refractivity (Wildman–Crippen MR) is 60.7 cm³/mol. The molecular weight excluding hydrogens is 206 g/mol. The van der Waals surface area contributed by atoms with Crippen LogP contribution < -0.4 is 15.4 Å². The number of rotatable bonds is 4. The lowest BCUT2D eigenvalue weighted by atomic mass is 10.2. The smallest absolute Gasteiger partial charge is 0.256 e. The largest absolute Gasteiger partial charge is 0.489 e. The molecule has 0 atom stereocenters. The van der Waals surface area contributed by atoms with Gasteiger partial charge in [0.2, 0.25) is 0 Å². The van der Waals surface area contributed by atoms with Crippen LogP contribution in [0.2, 0.25) is 0 Å². The third kappa shape index (κ3) is 2.08. The van der Waals surface area contributed by atoms with Crippen molar-refractivity contribution in [3.05, 3.63) is 17.8 Å². The van der Waals surface area contributed by atoms with Crippen LogP contribution >= 0.6 is 0 Å². The Hall–Kier alpha value is -1.78. The molecule has 0 aliphatic heterocycles. The first-order valence-electron chi connectivity index (χ1n) is 5.22. The Morgan fingerprint density at radius 1 is 1.56 bits per heavy atom. The van der Waals surface area contributed by atoms with E-state index in [1.54, 1.807) is 17.2 Å². The van der Waals surface area contributed by atoms with Gasteiger partial charge in [-0.25, -0.2) is 4.98 Å². The Morgan fingerprint density at radius 3 is 2.75 bits per heavy atom. The molecule has 1 saturated carbocycles. The second-order valence-corrected chi connectivity index (χ2v) is 4.08. The van der Waals surface area contributed by atoms with Crippen molar-refractivity contribution in [1.29, 1.82) is 0 Å². The lowest BCUT2D eigenvalue weighted by Crippen LogP contribution is -2.21.